The van der Waals surface area contributed by atoms with Crippen LogP contribution in [0.25, 0.3) is 6.08 Å². The van der Waals surface area contributed by atoms with Crippen molar-refractivity contribution in [1.29, 1.82) is 0 Å². The van der Waals surface area contributed by atoms with Crippen molar-refractivity contribution in [2.45, 2.75) is 18.1 Å². The van der Waals surface area contributed by atoms with Gasteiger partial charge >= 0.3 is 5.97 Å². The molecule has 0 amide bonds. The smallest absolute Gasteiger partial charge is 0.320 e. The highest BCUT2D eigenvalue weighted by molar-refractivity contribution is 7.93. The van der Waals surface area contributed by atoms with E-state index in [4.69, 9.17) is 0 Å². The average molecular weight is 387 g/mol. The molecule has 2 rings (SSSR count). The second-order valence-corrected chi connectivity index (χ2v) is 9.84. The number of piperidine rings is 1. The van der Waals surface area contributed by atoms with Crippen LogP contribution in [0.1, 0.15) is 18.4 Å². The number of sulfonamides is 1. The van der Waals surface area contributed by atoms with Gasteiger partial charge in [-0.3, -0.25) is 4.79 Å². The Morgan fingerprint density at radius 3 is 2.32 bits per heavy atom. The van der Waals surface area contributed by atoms with Gasteiger partial charge in [-0.25, -0.2) is 16.8 Å². The van der Waals surface area contributed by atoms with Crippen molar-refractivity contribution in [3.63, 3.8) is 0 Å². The maximum Gasteiger partial charge on any atom is 0.320 e. The zero-order chi connectivity index (χ0) is 18.5. The van der Waals surface area contributed by atoms with Crippen molar-refractivity contribution in [2.24, 2.45) is 0 Å². The minimum Gasteiger partial charge on any atom is -0.468 e. The highest BCUT2D eigenvalue weighted by Gasteiger charge is 2.34. The van der Waals surface area contributed by atoms with Gasteiger partial charge in [-0.2, -0.15) is 4.31 Å². The lowest BCUT2D eigenvalue weighted by molar-refractivity contribution is -0.137. The van der Waals surface area contributed by atoms with Gasteiger partial charge in [-0.15, -0.1) is 0 Å². The molecule has 0 aromatic heterocycles. The third-order valence-corrected chi connectivity index (χ3v) is 7.74. The summed E-state index contributed by atoms with van der Waals surface area (Å²) in [6.45, 7) is 0.207. The summed E-state index contributed by atoms with van der Waals surface area (Å²) >= 11 is 0. The summed E-state index contributed by atoms with van der Waals surface area (Å²) in [5.74, 6) is -1.48. The van der Waals surface area contributed by atoms with Crippen LogP contribution >= 0.6 is 0 Å². The molecule has 0 unspecified atom stereocenters. The quantitative estimate of drug-likeness (QED) is 0.677. The maximum atomic E-state index is 12.4. The lowest BCUT2D eigenvalue weighted by atomic mass is 10.2. The van der Waals surface area contributed by atoms with Gasteiger partial charge < -0.3 is 4.74 Å². The Bertz CT molecular complexity index is 823. The summed E-state index contributed by atoms with van der Waals surface area (Å²) in [5.41, 5.74) is 0.765. The normalized spacial score (nSPS) is 17.6. The molecule has 0 aliphatic carbocycles. The Hall–Kier alpha value is -1.71. The summed E-state index contributed by atoms with van der Waals surface area (Å²) < 4.78 is 54.6. The average Bonchev–Trinajstić information content (AvgIpc) is 2.60. The van der Waals surface area contributed by atoms with Crippen LogP contribution in [-0.2, 0) is 29.4 Å². The predicted octanol–water partition coefficient (Wildman–Crippen LogP) is 1.04. The molecule has 9 heteroatoms. The Balaban J connectivity index is 1.99. The highest BCUT2D eigenvalue weighted by atomic mass is 32.2. The second kappa shape index (κ2) is 8.11. The van der Waals surface area contributed by atoms with Crippen molar-refractivity contribution in [3.05, 3.63) is 41.3 Å². The van der Waals surface area contributed by atoms with Gasteiger partial charge in [0.2, 0.25) is 10.0 Å². The molecular formula is C16H21NO6S2. The lowest BCUT2D eigenvalue weighted by Gasteiger charge is -2.29. The molecule has 1 aromatic rings. The van der Waals surface area contributed by atoms with Crippen LogP contribution in [0.4, 0.5) is 0 Å². The first-order valence-electron chi connectivity index (χ1n) is 7.76. The third kappa shape index (κ3) is 5.38. The molecule has 25 heavy (non-hydrogen) atoms. The van der Waals surface area contributed by atoms with E-state index in [1.807, 2.05) is 18.2 Å². The Kier molecular flexibility index (Phi) is 6.36. The van der Waals surface area contributed by atoms with E-state index in [1.165, 1.54) is 10.4 Å². The van der Waals surface area contributed by atoms with Gasteiger partial charge in [0, 0.05) is 18.5 Å². The van der Waals surface area contributed by atoms with E-state index >= 15 is 0 Å². The molecule has 1 saturated heterocycles. The highest BCUT2D eigenvalue weighted by Crippen LogP contribution is 2.22. The van der Waals surface area contributed by atoms with E-state index in [0.29, 0.717) is 0 Å². The van der Waals surface area contributed by atoms with Gasteiger partial charge in [-0.05, 0) is 24.5 Å². The number of benzene rings is 1. The molecule has 1 aromatic carbocycles. The minimum absolute atomic E-state index is 0.104. The van der Waals surface area contributed by atoms with Crippen molar-refractivity contribution in [1.82, 2.24) is 4.31 Å². The zero-order valence-electron chi connectivity index (χ0n) is 13.9. The first-order chi connectivity index (χ1) is 11.7. The largest absolute Gasteiger partial charge is 0.468 e. The first kappa shape index (κ1) is 19.6. The summed E-state index contributed by atoms with van der Waals surface area (Å²) in [6, 6.07) is 9.04. The number of rotatable bonds is 6. The van der Waals surface area contributed by atoms with E-state index in [1.54, 1.807) is 12.1 Å². The fraction of sp³-hybridized carbons (Fsp3) is 0.438. The van der Waals surface area contributed by atoms with Gasteiger partial charge in [0.1, 0.15) is 5.75 Å². The molecule has 1 aliphatic heterocycles. The molecule has 7 nitrogen and oxygen atoms in total. The van der Waals surface area contributed by atoms with Crippen molar-refractivity contribution < 1.29 is 26.4 Å². The number of sulfone groups is 1. The summed E-state index contributed by atoms with van der Waals surface area (Å²) in [7, 11) is -6.11. The number of nitrogens with zero attached hydrogens (tertiary/aromatic N) is 1. The molecule has 0 atom stereocenters. The molecular weight excluding hydrogens is 366 g/mol. The van der Waals surface area contributed by atoms with Crippen molar-refractivity contribution >= 4 is 31.9 Å². The van der Waals surface area contributed by atoms with E-state index in [0.717, 1.165) is 18.1 Å². The third-order valence-electron chi connectivity index (χ3n) is 4.05. The lowest BCUT2D eigenvalue weighted by Crippen LogP contribution is -2.43. The molecule has 1 aliphatic rings. The van der Waals surface area contributed by atoms with Gasteiger partial charge in [0.25, 0.3) is 0 Å². The number of hydrogen-bond acceptors (Lipinski definition) is 6. The number of hydrogen-bond donors (Lipinski definition) is 0. The molecule has 0 saturated carbocycles. The fourth-order valence-corrected chi connectivity index (χ4v) is 5.43. The minimum atomic E-state index is -3.63. The van der Waals surface area contributed by atoms with Crippen LogP contribution in [0, 0.1) is 0 Å². The number of methoxy groups -OCH3 is 1. The Morgan fingerprint density at radius 1 is 1.16 bits per heavy atom. The topological polar surface area (TPSA) is 97.8 Å². The molecule has 0 radical (unpaired) electrons. The number of carbonyl (C=O) groups excluding carboxylic acids is 1. The summed E-state index contributed by atoms with van der Waals surface area (Å²) in [4.78, 5) is 11.2. The molecule has 0 bridgehead atoms. The standard InChI is InChI=1S/C16H21NO6S2/c1-23-16(18)13-24(19,20)15-7-10-17(11-8-15)25(21,22)12-9-14-5-3-2-4-6-14/h2-6,9,12,15H,7-8,10-11,13H2,1H3. The SMILES string of the molecule is COC(=O)CS(=O)(=O)C1CCN(S(=O)(=O)C=Cc2ccccc2)CC1. The van der Waals surface area contributed by atoms with Gasteiger partial charge in [0.05, 0.1) is 12.4 Å². The molecule has 138 valence electrons. The van der Waals surface area contributed by atoms with Crippen LogP contribution in [-0.4, -0.2) is 58.3 Å². The van der Waals surface area contributed by atoms with Crippen molar-refractivity contribution in [3.8, 4) is 0 Å². The summed E-state index contributed by atoms with van der Waals surface area (Å²) in [6.07, 6.45) is 1.84. The Morgan fingerprint density at radius 2 is 1.76 bits per heavy atom. The monoisotopic (exact) mass is 387 g/mol. The van der Waals surface area contributed by atoms with Crippen LogP contribution in [0.5, 0.6) is 0 Å². The predicted molar refractivity (Wildman–Crippen MR) is 94.8 cm³/mol. The van der Waals surface area contributed by atoms with E-state index < -0.39 is 36.8 Å². The molecule has 0 spiro atoms. The number of ether oxygens (including phenoxy) is 1. The molecule has 1 fully saturated rings. The Labute approximate surface area is 148 Å². The number of esters is 1. The van der Waals surface area contributed by atoms with Gasteiger partial charge in [-0.1, -0.05) is 30.3 Å². The summed E-state index contributed by atoms with van der Waals surface area (Å²) in [5, 5.41) is 0.405. The number of carbonyl (C=O) groups is 1. The van der Waals surface area contributed by atoms with Crippen LogP contribution < -0.4 is 0 Å². The fourth-order valence-electron chi connectivity index (χ4n) is 2.60. The first-order valence-corrected chi connectivity index (χ1v) is 11.0. The molecule has 0 N–H and O–H groups in total. The maximum absolute atomic E-state index is 12.4. The van der Waals surface area contributed by atoms with Gasteiger partial charge in [0.15, 0.2) is 9.84 Å². The van der Waals surface area contributed by atoms with E-state index in [9.17, 15) is 21.6 Å². The van der Waals surface area contributed by atoms with E-state index in [-0.39, 0.29) is 25.9 Å². The van der Waals surface area contributed by atoms with E-state index in [2.05, 4.69) is 4.74 Å². The van der Waals surface area contributed by atoms with Crippen LogP contribution in [0.15, 0.2) is 35.7 Å². The van der Waals surface area contributed by atoms with Crippen LogP contribution in [0.3, 0.4) is 0 Å². The zero-order valence-corrected chi connectivity index (χ0v) is 15.5. The molecule has 1 heterocycles. The van der Waals surface area contributed by atoms with Crippen LogP contribution in [0.2, 0.25) is 0 Å². The second-order valence-electron chi connectivity index (χ2n) is 5.74. The van der Waals surface area contributed by atoms with Crippen molar-refractivity contribution in [2.75, 3.05) is 26.0 Å².